The molecule has 0 saturated heterocycles. The van der Waals surface area contributed by atoms with Crippen molar-refractivity contribution in [3.05, 3.63) is 35.5 Å². The van der Waals surface area contributed by atoms with Gasteiger partial charge < -0.3 is 15.2 Å². The van der Waals surface area contributed by atoms with E-state index < -0.39 is 5.82 Å². The third-order valence-electron chi connectivity index (χ3n) is 2.87. The number of nitrogens with zero attached hydrogens (tertiary/aromatic N) is 4. The minimum absolute atomic E-state index is 0.0172. The second-order valence-corrected chi connectivity index (χ2v) is 4.99. The second-order valence-electron chi connectivity index (χ2n) is 4.65. The number of aromatic nitrogens is 4. The van der Waals surface area contributed by atoms with Crippen LogP contribution in [0.15, 0.2) is 24.4 Å². The average Bonchev–Trinajstić information content (AvgIpc) is 2.86. The number of fused-ring (bicyclic) bond motifs is 1. The smallest absolute Gasteiger partial charge is 0.224 e. The molecule has 0 aliphatic rings. The van der Waals surface area contributed by atoms with E-state index in [1.165, 1.54) is 0 Å². The van der Waals surface area contributed by atoms with Crippen molar-refractivity contribution in [3.8, 4) is 0 Å². The summed E-state index contributed by atoms with van der Waals surface area (Å²) in [4.78, 5) is 16.8. The minimum Gasteiger partial charge on any atom is -0.349 e. The van der Waals surface area contributed by atoms with Gasteiger partial charge in [-0.3, -0.25) is 0 Å². The van der Waals surface area contributed by atoms with Gasteiger partial charge in [0.25, 0.3) is 0 Å². The molecule has 6 nitrogen and oxygen atoms in total. The molecule has 3 rings (SSSR count). The van der Waals surface area contributed by atoms with Gasteiger partial charge in [-0.25, -0.2) is 14.4 Å². The lowest BCUT2D eigenvalue weighted by Gasteiger charge is -2.06. The Morgan fingerprint density at radius 2 is 2.10 bits per heavy atom. The van der Waals surface area contributed by atoms with E-state index in [4.69, 9.17) is 11.6 Å². The number of H-pyrrole nitrogens is 1. The maximum absolute atomic E-state index is 13.6. The van der Waals surface area contributed by atoms with E-state index in [0.717, 1.165) is 23.2 Å². The fourth-order valence-electron chi connectivity index (χ4n) is 1.86. The lowest BCUT2D eigenvalue weighted by molar-refractivity contribution is 0.619. The van der Waals surface area contributed by atoms with Crippen molar-refractivity contribution >= 4 is 40.1 Å². The molecule has 0 unspecified atom stereocenters. The number of halogens is 2. The maximum atomic E-state index is 13.6. The number of anilines is 3. The Kier molecular flexibility index (Phi) is 3.34. The zero-order valence-electron chi connectivity index (χ0n) is 11.4. The van der Waals surface area contributed by atoms with Crippen molar-refractivity contribution in [1.82, 2.24) is 19.9 Å². The van der Waals surface area contributed by atoms with Crippen molar-refractivity contribution in [3.63, 3.8) is 0 Å². The van der Waals surface area contributed by atoms with Crippen molar-refractivity contribution in [2.75, 3.05) is 24.3 Å². The summed E-state index contributed by atoms with van der Waals surface area (Å²) in [7, 11) is 3.80. The standard InChI is InChI=1S/C13H12ClFN6/c1-21(2)13-18-9-4-3-7(5-10(9)19-13)17-11-8(15)6-16-12(14)20-11/h3-6H,1-2H3,(H,18,19)(H,16,17,20). The van der Waals surface area contributed by atoms with Crippen LogP contribution in [0, 0.1) is 5.82 Å². The van der Waals surface area contributed by atoms with Gasteiger partial charge >= 0.3 is 0 Å². The first kappa shape index (κ1) is 13.6. The SMILES string of the molecule is CN(C)c1nc2ccc(Nc3nc(Cl)ncc3F)cc2[nH]1. The molecule has 0 atom stereocenters. The van der Waals surface area contributed by atoms with Crippen LogP contribution in [0.1, 0.15) is 0 Å². The molecule has 0 amide bonds. The van der Waals surface area contributed by atoms with Crippen LogP contribution < -0.4 is 10.2 Å². The number of nitrogens with one attached hydrogen (secondary N) is 2. The molecule has 0 radical (unpaired) electrons. The summed E-state index contributed by atoms with van der Waals surface area (Å²) in [5.74, 6) is 0.207. The molecule has 0 fully saturated rings. The molecular formula is C13H12ClFN6. The van der Waals surface area contributed by atoms with Crippen LogP contribution in [0.5, 0.6) is 0 Å². The second kappa shape index (κ2) is 5.17. The van der Waals surface area contributed by atoms with Gasteiger partial charge in [0.15, 0.2) is 11.6 Å². The van der Waals surface area contributed by atoms with E-state index >= 15 is 0 Å². The van der Waals surface area contributed by atoms with E-state index in [9.17, 15) is 4.39 Å². The fourth-order valence-corrected chi connectivity index (χ4v) is 1.99. The lowest BCUT2D eigenvalue weighted by Crippen LogP contribution is -2.09. The summed E-state index contributed by atoms with van der Waals surface area (Å²) in [6, 6.07) is 5.45. The summed E-state index contributed by atoms with van der Waals surface area (Å²) >= 11 is 5.67. The first-order valence-corrected chi connectivity index (χ1v) is 6.53. The van der Waals surface area contributed by atoms with Crippen LogP contribution in [0.2, 0.25) is 5.28 Å². The maximum Gasteiger partial charge on any atom is 0.224 e. The predicted octanol–water partition coefficient (Wildman–Crippen LogP) is 2.96. The number of hydrogen-bond acceptors (Lipinski definition) is 5. The molecule has 3 aromatic rings. The quantitative estimate of drug-likeness (QED) is 0.728. The average molecular weight is 307 g/mol. The summed E-state index contributed by atoms with van der Waals surface area (Å²) in [5, 5.41) is 2.85. The molecule has 2 aromatic heterocycles. The summed E-state index contributed by atoms with van der Waals surface area (Å²) in [6.07, 6.45) is 1.02. The number of aromatic amines is 1. The number of imidazole rings is 1. The van der Waals surface area contributed by atoms with Crippen LogP contribution in [-0.4, -0.2) is 34.0 Å². The van der Waals surface area contributed by atoms with Crippen molar-refractivity contribution in [1.29, 1.82) is 0 Å². The molecule has 0 aliphatic carbocycles. The van der Waals surface area contributed by atoms with Gasteiger partial charge in [0, 0.05) is 19.8 Å². The molecule has 2 N–H and O–H groups in total. The zero-order valence-corrected chi connectivity index (χ0v) is 12.1. The van der Waals surface area contributed by atoms with Gasteiger partial charge in [0.1, 0.15) is 0 Å². The first-order valence-electron chi connectivity index (χ1n) is 6.15. The van der Waals surface area contributed by atoms with Crippen LogP contribution in [0.25, 0.3) is 11.0 Å². The van der Waals surface area contributed by atoms with Gasteiger partial charge in [-0.2, -0.15) is 4.98 Å². The highest BCUT2D eigenvalue weighted by Gasteiger charge is 2.08. The molecule has 8 heteroatoms. The van der Waals surface area contributed by atoms with Crippen LogP contribution in [0.3, 0.4) is 0 Å². The van der Waals surface area contributed by atoms with E-state index in [1.54, 1.807) is 6.07 Å². The first-order chi connectivity index (χ1) is 10.0. The molecule has 108 valence electrons. The zero-order chi connectivity index (χ0) is 15.0. The Morgan fingerprint density at radius 1 is 1.29 bits per heavy atom. The highest BCUT2D eigenvalue weighted by molar-refractivity contribution is 6.28. The molecule has 0 saturated carbocycles. The highest BCUT2D eigenvalue weighted by Crippen LogP contribution is 2.23. The molecule has 1 aromatic carbocycles. The van der Waals surface area contributed by atoms with Crippen molar-refractivity contribution < 1.29 is 4.39 Å². The Bertz CT molecular complexity index is 800. The third kappa shape index (κ3) is 2.73. The molecule has 2 heterocycles. The molecule has 21 heavy (non-hydrogen) atoms. The molecular weight excluding hydrogens is 295 g/mol. The summed E-state index contributed by atoms with van der Waals surface area (Å²) < 4.78 is 13.6. The normalized spacial score (nSPS) is 10.9. The van der Waals surface area contributed by atoms with Gasteiger partial charge in [-0.05, 0) is 29.8 Å². The summed E-state index contributed by atoms with van der Waals surface area (Å²) in [6.45, 7) is 0. The van der Waals surface area contributed by atoms with Crippen molar-refractivity contribution in [2.24, 2.45) is 0 Å². The fraction of sp³-hybridized carbons (Fsp3) is 0.154. The third-order valence-corrected chi connectivity index (χ3v) is 3.05. The van der Waals surface area contributed by atoms with Gasteiger partial charge in [0.05, 0.1) is 17.2 Å². The lowest BCUT2D eigenvalue weighted by atomic mass is 10.3. The molecule has 0 spiro atoms. The number of benzene rings is 1. The Morgan fingerprint density at radius 3 is 2.86 bits per heavy atom. The van der Waals surface area contributed by atoms with E-state index in [1.807, 2.05) is 31.1 Å². The summed E-state index contributed by atoms with van der Waals surface area (Å²) in [5.41, 5.74) is 2.33. The number of rotatable bonds is 3. The van der Waals surface area contributed by atoms with E-state index in [2.05, 4.69) is 25.3 Å². The van der Waals surface area contributed by atoms with Crippen molar-refractivity contribution in [2.45, 2.75) is 0 Å². The van der Waals surface area contributed by atoms with Crippen LogP contribution in [0.4, 0.5) is 21.8 Å². The molecule has 0 bridgehead atoms. The Hall–Kier alpha value is -2.41. The van der Waals surface area contributed by atoms with Crippen LogP contribution in [-0.2, 0) is 0 Å². The van der Waals surface area contributed by atoms with Crippen LogP contribution >= 0.6 is 11.6 Å². The predicted molar refractivity (Wildman–Crippen MR) is 80.7 cm³/mol. The largest absolute Gasteiger partial charge is 0.349 e. The molecule has 0 aliphatic heterocycles. The van der Waals surface area contributed by atoms with E-state index in [0.29, 0.717) is 5.69 Å². The number of hydrogen-bond donors (Lipinski definition) is 2. The Balaban J connectivity index is 1.95. The monoisotopic (exact) mass is 306 g/mol. The van der Waals surface area contributed by atoms with Gasteiger partial charge in [-0.1, -0.05) is 0 Å². The van der Waals surface area contributed by atoms with E-state index in [-0.39, 0.29) is 11.1 Å². The van der Waals surface area contributed by atoms with Gasteiger partial charge in [-0.15, -0.1) is 0 Å². The minimum atomic E-state index is -0.571. The highest BCUT2D eigenvalue weighted by atomic mass is 35.5. The topological polar surface area (TPSA) is 69.7 Å². The Labute approximate surface area is 125 Å². The van der Waals surface area contributed by atoms with Gasteiger partial charge in [0.2, 0.25) is 11.2 Å².